The zero-order valence-corrected chi connectivity index (χ0v) is 12.3. The minimum atomic E-state index is 0.132. The van der Waals surface area contributed by atoms with Crippen molar-refractivity contribution in [2.24, 2.45) is 5.73 Å². The predicted octanol–water partition coefficient (Wildman–Crippen LogP) is 1.59. The van der Waals surface area contributed by atoms with Gasteiger partial charge >= 0.3 is 0 Å². The maximum absolute atomic E-state index is 12.3. The molecule has 0 aromatic rings. The summed E-state index contributed by atoms with van der Waals surface area (Å²) in [5, 5.41) is 0. The Labute approximate surface area is 117 Å². The quantitative estimate of drug-likeness (QED) is 0.823. The summed E-state index contributed by atoms with van der Waals surface area (Å²) in [7, 11) is 0. The zero-order valence-electron chi connectivity index (χ0n) is 12.3. The Kier molecular flexibility index (Phi) is 5.64. The predicted molar refractivity (Wildman–Crippen MR) is 77.9 cm³/mol. The van der Waals surface area contributed by atoms with E-state index in [4.69, 9.17) is 5.73 Å². The van der Waals surface area contributed by atoms with E-state index in [1.807, 2.05) is 6.92 Å². The van der Waals surface area contributed by atoms with Crippen LogP contribution in [0.5, 0.6) is 0 Å². The van der Waals surface area contributed by atoms with Gasteiger partial charge in [-0.05, 0) is 52.1 Å². The lowest BCUT2D eigenvalue weighted by molar-refractivity contribution is -0.132. The van der Waals surface area contributed by atoms with Crippen LogP contribution >= 0.6 is 0 Å². The van der Waals surface area contributed by atoms with Crippen LogP contribution in [-0.2, 0) is 4.79 Å². The second kappa shape index (κ2) is 7.25. The Morgan fingerprint density at radius 3 is 2.63 bits per heavy atom. The SMILES string of the molecule is CC(N)CCC(=O)N1CCCC1CN1CCCCC1. The number of nitrogens with two attached hydrogens (primary N) is 1. The lowest BCUT2D eigenvalue weighted by atomic mass is 10.1. The van der Waals surface area contributed by atoms with E-state index in [2.05, 4.69) is 9.80 Å². The third-order valence-corrected chi connectivity index (χ3v) is 4.43. The van der Waals surface area contributed by atoms with Crippen LogP contribution in [0.2, 0.25) is 0 Å². The summed E-state index contributed by atoms with van der Waals surface area (Å²) in [6.45, 7) is 6.46. The summed E-state index contributed by atoms with van der Waals surface area (Å²) < 4.78 is 0. The van der Waals surface area contributed by atoms with Gasteiger partial charge in [0.1, 0.15) is 0 Å². The first kappa shape index (κ1) is 14.8. The van der Waals surface area contributed by atoms with Crippen molar-refractivity contribution >= 4 is 5.91 Å². The highest BCUT2D eigenvalue weighted by atomic mass is 16.2. The molecule has 110 valence electrons. The Hall–Kier alpha value is -0.610. The molecule has 0 aliphatic carbocycles. The Bertz CT molecular complexity index is 287. The fourth-order valence-corrected chi connectivity index (χ4v) is 3.29. The van der Waals surface area contributed by atoms with E-state index < -0.39 is 0 Å². The maximum Gasteiger partial charge on any atom is 0.222 e. The molecule has 4 nitrogen and oxygen atoms in total. The number of rotatable bonds is 5. The number of nitrogens with zero attached hydrogens (tertiary/aromatic N) is 2. The van der Waals surface area contributed by atoms with Gasteiger partial charge in [0.25, 0.3) is 0 Å². The van der Waals surface area contributed by atoms with Crippen LogP contribution in [0.15, 0.2) is 0 Å². The molecule has 1 amide bonds. The Morgan fingerprint density at radius 1 is 1.21 bits per heavy atom. The second-order valence-electron chi connectivity index (χ2n) is 6.26. The normalized spacial score (nSPS) is 26.6. The Balaban J connectivity index is 1.80. The molecular formula is C15H29N3O. The molecule has 0 spiro atoms. The molecule has 2 N–H and O–H groups in total. The number of hydrogen-bond donors (Lipinski definition) is 1. The summed E-state index contributed by atoms with van der Waals surface area (Å²) >= 11 is 0. The van der Waals surface area contributed by atoms with E-state index in [0.717, 1.165) is 19.5 Å². The van der Waals surface area contributed by atoms with Crippen molar-refractivity contribution in [2.45, 2.75) is 64.0 Å². The molecule has 2 heterocycles. The average molecular weight is 267 g/mol. The number of amides is 1. The summed E-state index contributed by atoms with van der Waals surface area (Å²) in [5.74, 6) is 0.316. The minimum absolute atomic E-state index is 0.132. The number of carbonyl (C=O) groups is 1. The first-order valence-electron chi connectivity index (χ1n) is 7.94. The molecule has 2 aliphatic rings. The molecule has 0 bridgehead atoms. The molecule has 2 saturated heterocycles. The van der Waals surface area contributed by atoms with Crippen LogP contribution < -0.4 is 5.73 Å². The number of carbonyl (C=O) groups excluding carboxylic acids is 1. The molecule has 2 unspecified atom stereocenters. The van der Waals surface area contributed by atoms with Crippen molar-refractivity contribution in [1.29, 1.82) is 0 Å². The number of hydrogen-bond acceptors (Lipinski definition) is 3. The van der Waals surface area contributed by atoms with Gasteiger partial charge in [0, 0.05) is 31.6 Å². The maximum atomic E-state index is 12.3. The van der Waals surface area contributed by atoms with Crippen LogP contribution in [-0.4, -0.2) is 54.0 Å². The van der Waals surface area contributed by atoms with Crippen molar-refractivity contribution in [3.05, 3.63) is 0 Å². The summed E-state index contributed by atoms with van der Waals surface area (Å²) in [5.41, 5.74) is 5.74. The van der Waals surface area contributed by atoms with Gasteiger partial charge in [0.05, 0.1) is 0 Å². The van der Waals surface area contributed by atoms with Crippen LogP contribution in [0.25, 0.3) is 0 Å². The third kappa shape index (κ3) is 4.46. The molecule has 2 aliphatic heterocycles. The molecule has 2 rings (SSSR count). The van der Waals surface area contributed by atoms with Crippen molar-refractivity contribution in [3.63, 3.8) is 0 Å². The molecular weight excluding hydrogens is 238 g/mol. The average Bonchev–Trinajstić information content (AvgIpc) is 2.85. The molecule has 0 saturated carbocycles. The van der Waals surface area contributed by atoms with E-state index >= 15 is 0 Å². The lowest BCUT2D eigenvalue weighted by Crippen LogP contribution is -2.44. The van der Waals surface area contributed by atoms with E-state index in [-0.39, 0.29) is 6.04 Å². The monoisotopic (exact) mass is 267 g/mol. The molecule has 0 radical (unpaired) electrons. The fraction of sp³-hybridized carbons (Fsp3) is 0.933. The van der Waals surface area contributed by atoms with Crippen LogP contribution in [0.1, 0.15) is 51.9 Å². The lowest BCUT2D eigenvalue weighted by Gasteiger charge is -2.33. The van der Waals surface area contributed by atoms with Crippen LogP contribution in [0.3, 0.4) is 0 Å². The highest BCUT2D eigenvalue weighted by molar-refractivity contribution is 5.76. The first-order chi connectivity index (χ1) is 9.16. The van der Waals surface area contributed by atoms with Crippen LogP contribution in [0, 0.1) is 0 Å². The zero-order chi connectivity index (χ0) is 13.7. The Morgan fingerprint density at radius 2 is 1.95 bits per heavy atom. The summed E-state index contributed by atoms with van der Waals surface area (Å²) in [6, 6.07) is 0.589. The van der Waals surface area contributed by atoms with Crippen molar-refractivity contribution in [3.8, 4) is 0 Å². The topological polar surface area (TPSA) is 49.6 Å². The van der Waals surface area contributed by atoms with E-state index in [0.29, 0.717) is 18.4 Å². The smallest absolute Gasteiger partial charge is 0.222 e. The van der Waals surface area contributed by atoms with Gasteiger partial charge in [-0.3, -0.25) is 4.79 Å². The van der Waals surface area contributed by atoms with Gasteiger partial charge < -0.3 is 15.5 Å². The largest absolute Gasteiger partial charge is 0.338 e. The number of piperidine rings is 1. The van der Waals surface area contributed by atoms with E-state index in [1.54, 1.807) is 0 Å². The van der Waals surface area contributed by atoms with Gasteiger partial charge in [-0.15, -0.1) is 0 Å². The van der Waals surface area contributed by atoms with Crippen molar-refractivity contribution < 1.29 is 4.79 Å². The molecule has 2 fully saturated rings. The molecule has 4 heteroatoms. The van der Waals surface area contributed by atoms with Crippen molar-refractivity contribution in [1.82, 2.24) is 9.80 Å². The molecule has 0 aromatic heterocycles. The van der Waals surface area contributed by atoms with E-state index in [1.165, 1.54) is 45.2 Å². The highest BCUT2D eigenvalue weighted by Gasteiger charge is 2.30. The van der Waals surface area contributed by atoms with Gasteiger partial charge in [-0.25, -0.2) is 0 Å². The summed E-state index contributed by atoms with van der Waals surface area (Å²) in [6.07, 6.45) is 7.80. The van der Waals surface area contributed by atoms with Crippen molar-refractivity contribution in [2.75, 3.05) is 26.2 Å². The van der Waals surface area contributed by atoms with Gasteiger partial charge in [0.2, 0.25) is 5.91 Å². The third-order valence-electron chi connectivity index (χ3n) is 4.43. The fourth-order valence-electron chi connectivity index (χ4n) is 3.29. The van der Waals surface area contributed by atoms with Gasteiger partial charge in [0.15, 0.2) is 0 Å². The molecule has 19 heavy (non-hydrogen) atoms. The molecule has 0 aromatic carbocycles. The van der Waals surface area contributed by atoms with E-state index in [9.17, 15) is 4.79 Å². The molecule has 2 atom stereocenters. The highest BCUT2D eigenvalue weighted by Crippen LogP contribution is 2.21. The number of likely N-dealkylation sites (tertiary alicyclic amines) is 2. The minimum Gasteiger partial charge on any atom is -0.338 e. The van der Waals surface area contributed by atoms with Crippen LogP contribution in [0.4, 0.5) is 0 Å². The van der Waals surface area contributed by atoms with Gasteiger partial charge in [-0.2, -0.15) is 0 Å². The van der Waals surface area contributed by atoms with Gasteiger partial charge in [-0.1, -0.05) is 6.42 Å². The first-order valence-corrected chi connectivity index (χ1v) is 7.94. The standard InChI is InChI=1S/C15H29N3O/c1-13(16)7-8-15(19)18-11-5-6-14(18)12-17-9-3-2-4-10-17/h13-14H,2-12,16H2,1H3. The second-order valence-corrected chi connectivity index (χ2v) is 6.26. The summed E-state index contributed by atoms with van der Waals surface area (Å²) in [4.78, 5) is 16.9.